The van der Waals surface area contributed by atoms with Crippen molar-refractivity contribution in [1.29, 1.82) is 0 Å². The molecule has 0 fully saturated rings. The summed E-state index contributed by atoms with van der Waals surface area (Å²) >= 11 is 3.42. The van der Waals surface area contributed by atoms with E-state index in [4.69, 9.17) is 5.11 Å². The van der Waals surface area contributed by atoms with Crippen LogP contribution in [0.1, 0.15) is 17.0 Å². The summed E-state index contributed by atoms with van der Waals surface area (Å²) in [7, 11) is 0. The van der Waals surface area contributed by atoms with Gasteiger partial charge >= 0.3 is 5.97 Å². The number of nitrogens with zero attached hydrogens (tertiary/aromatic N) is 2. The smallest absolute Gasteiger partial charge is 0.328 e. The van der Waals surface area contributed by atoms with E-state index in [1.807, 2.05) is 13.8 Å². The van der Waals surface area contributed by atoms with Gasteiger partial charge in [0.1, 0.15) is 5.82 Å². The van der Waals surface area contributed by atoms with Gasteiger partial charge in [-0.2, -0.15) is 5.10 Å². The van der Waals surface area contributed by atoms with Crippen LogP contribution in [-0.2, 0) is 4.79 Å². The summed E-state index contributed by atoms with van der Waals surface area (Å²) in [5.74, 6) is -1.53. The van der Waals surface area contributed by atoms with E-state index in [9.17, 15) is 9.18 Å². The van der Waals surface area contributed by atoms with E-state index >= 15 is 0 Å². The second-order valence-electron chi connectivity index (χ2n) is 4.31. The lowest BCUT2D eigenvalue weighted by molar-refractivity contribution is -0.131. The minimum Gasteiger partial charge on any atom is -0.478 e. The van der Waals surface area contributed by atoms with Gasteiger partial charge in [0, 0.05) is 6.08 Å². The molecule has 1 aromatic carbocycles. The molecule has 0 aliphatic heterocycles. The van der Waals surface area contributed by atoms with Crippen molar-refractivity contribution >= 4 is 28.0 Å². The Balaban J connectivity index is 2.52. The number of aromatic nitrogens is 2. The second-order valence-corrected chi connectivity index (χ2v) is 5.10. The molecule has 6 heteroatoms. The molecule has 4 nitrogen and oxygen atoms in total. The van der Waals surface area contributed by atoms with Gasteiger partial charge in [-0.25, -0.2) is 13.9 Å². The van der Waals surface area contributed by atoms with E-state index in [0.29, 0.717) is 11.3 Å². The quantitative estimate of drug-likeness (QED) is 0.871. The molecular formula is C14H12BrFN2O2. The lowest BCUT2D eigenvalue weighted by Crippen LogP contribution is -2.00. The van der Waals surface area contributed by atoms with Crippen LogP contribution in [-0.4, -0.2) is 20.9 Å². The van der Waals surface area contributed by atoms with Crippen molar-refractivity contribution in [2.24, 2.45) is 0 Å². The summed E-state index contributed by atoms with van der Waals surface area (Å²) < 4.78 is 16.1. The van der Waals surface area contributed by atoms with E-state index in [1.54, 1.807) is 10.7 Å². The minimum atomic E-state index is -1.08. The largest absolute Gasteiger partial charge is 0.478 e. The molecule has 0 bridgehead atoms. The highest BCUT2D eigenvalue weighted by molar-refractivity contribution is 9.10. The highest BCUT2D eigenvalue weighted by Gasteiger charge is 2.11. The maximum Gasteiger partial charge on any atom is 0.328 e. The van der Waals surface area contributed by atoms with Gasteiger partial charge in [0.15, 0.2) is 0 Å². The van der Waals surface area contributed by atoms with Crippen molar-refractivity contribution in [1.82, 2.24) is 9.78 Å². The third kappa shape index (κ3) is 2.96. The third-order valence-electron chi connectivity index (χ3n) is 2.77. The fourth-order valence-electron chi connectivity index (χ4n) is 1.86. The van der Waals surface area contributed by atoms with E-state index in [1.165, 1.54) is 18.2 Å². The SMILES string of the molecule is Cc1nn(-c2cc(F)cc(/C=C/C(=O)O)c2)c(C)c1Br. The van der Waals surface area contributed by atoms with E-state index < -0.39 is 11.8 Å². The molecule has 2 rings (SSSR count). The summed E-state index contributed by atoms with van der Waals surface area (Å²) in [6.07, 6.45) is 2.31. The first kappa shape index (κ1) is 14.5. The highest BCUT2D eigenvalue weighted by atomic mass is 79.9. The van der Waals surface area contributed by atoms with E-state index in [-0.39, 0.29) is 0 Å². The zero-order valence-electron chi connectivity index (χ0n) is 10.9. The first-order valence-corrected chi connectivity index (χ1v) is 6.61. The molecule has 104 valence electrons. The van der Waals surface area contributed by atoms with Crippen LogP contribution in [0.3, 0.4) is 0 Å². The Morgan fingerprint density at radius 1 is 1.40 bits per heavy atom. The number of aryl methyl sites for hydroxylation is 1. The fraction of sp³-hybridized carbons (Fsp3) is 0.143. The first-order valence-electron chi connectivity index (χ1n) is 5.82. The van der Waals surface area contributed by atoms with Gasteiger partial charge in [-0.1, -0.05) is 0 Å². The first-order chi connectivity index (χ1) is 9.38. The van der Waals surface area contributed by atoms with Crippen LogP contribution in [0.25, 0.3) is 11.8 Å². The zero-order valence-corrected chi connectivity index (χ0v) is 12.5. The van der Waals surface area contributed by atoms with Crippen LogP contribution in [0, 0.1) is 19.7 Å². The van der Waals surface area contributed by atoms with Gasteiger partial charge in [0.25, 0.3) is 0 Å². The Morgan fingerprint density at radius 2 is 2.10 bits per heavy atom. The molecular weight excluding hydrogens is 327 g/mol. The number of carboxylic acid groups (broad SMARTS) is 1. The fourth-order valence-corrected chi connectivity index (χ4v) is 2.10. The van der Waals surface area contributed by atoms with E-state index in [2.05, 4.69) is 21.0 Å². The molecule has 0 aliphatic carbocycles. The standard InChI is InChI=1S/C14H12BrFN2O2/c1-8-14(15)9(2)18(17-8)12-6-10(3-4-13(19)20)5-11(16)7-12/h3-7H,1-2H3,(H,19,20)/b4-3+. The van der Waals surface area contributed by atoms with Crippen LogP contribution >= 0.6 is 15.9 Å². The van der Waals surface area contributed by atoms with E-state index in [0.717, 1.165) is 21.9 Å². The highest BCUT2D eigenvalue weighted by Crippen LogP contribution is 2.24. The number of hydrogen-bond acceptors (Lipinski definition) is 2. The van der Waals surface area contributed by atoms with Gasteiger partial charge in [-0.05, 0) is 59.6 Å². The predicted molar refractivity (Wildman–Crippen MR) is 77.4 cm³/mol. The molecule has 1 aromatic heterocycles. The van der Waals surface area contributed by atoms with Crippen LogP contribution in [0.2, 0.25) is 0 Å². The lowest BCUT2D eigenvalue weighted by atomic mass is 10.1. The number of benzene rings is 1. The maximum absolute atomic E-state index is 13.6. The maximum atomic E-state index is 13.6. The van der Waals surface area contributed by atoms with Gasteiger partial charge < -0.3 is 5.11 Å². The van der Waals surface area contributed by atoms with Crippen molar-refractivity contribution in [2.45, 2.75) is 13.8 Å². The number of halogens is 2. The van der Waals surface area contributed by atoms with Crippen molar-refractivity contribution in [3.63, 3.8) is 0 Å². The lowest BCUT2D eigenvalue weighted by Gasteiger charge is -2.06. The molecule has 0 amide bonds. The molecule has 1 heterocycles. The molecule has 0 radical (unpaired) electrons. The summed E-state index contributed by atoms with van der Waals surface area (Å²) in [6.45, 7) is 3.71. The Morgan fingerprint density at radius 3 is 2.65 bits per heavy atom. The van der Waals surface area contributed by atoms with Crippen molar-refractivity contribution in [2.75, 3.05) is 0 Å². The summed E-state index contributed by atoms with van der Waals surface area (Å²) in [6, 6.07) is 4.29. The second kappa shape index (κ2) is 5.58. The molecule has 0 aliphatic rings. The monoisotopic (exact) mass is 338 g/mol. The molecule has 0 spiro atoms. The Kier molecular flexibility index (Phi) is 4.04. The molecule has 20 heavy (non-hydrogen) atoms. The predicted octanol–water partition coefficient (Wildman–Crippen LogP) is 3.49. The number of aliphatic carboxylic acids is 1. The van der Waals surface area contributed by atoms with Gasteiger partial charge in [-0.3, -0.25) is 0 Å². The number of rotatable bonds is 3. The topological polar surface area (TPSA) is 55.1 Å². The van der Waals surface area contributed by atoms with Crippen molar-refractivity contribution in [3.8, 4) is 5.69 Å². The Bertz CT molecular complexity index is 707. The van der Waals surface area contributed by atoms with Crippen LogP contribution in [0.15, 0.2) is 28.7 Å². The number of carbonyl (C=O) groups is 1. The van der Waals surface area contributed by atoms with Crippen LogP contribution < -0.4 is 0 Å². The third-order valence-corrected chi connectivity index (χ3v) is 3.92. The molecule has 2 aromatic rings. The van der Waals surface area contributed by atoms with Gasteiger partial charge in [-0.15, -0.1) is 0 Å². The minimum absolute atomic E-state index is 0.448. The summed E-state index contributed by atoms with van der Waals surface area (Å²) in [4.78, 5) is 10.5. The number of hydrogen-bond donors (Lipinski definition) is 1. The van der Waals surface area contributed by atoms with Crippen LogP contribution in [0.5, 0.6) is 0 Å². The molecule has 1 N–H and O–H groups in total. The van der Waals surface area contributed by atoms with Crippen molar-refractivity contribution < 1.29 is 14.3 Å². The summed E-state index contributed by atoms with van der Waals surface area (Å²) in [5, 5.41) is 12.9. The van der Waals surface area contributed by atoms with Crippen LogP contribution in [0.4, 0.5) is 4.39 Å². The molecule has 0 atom stereocenters. The molecule has 0 unspecified atom stereocenters. The average Bonchev–Trinajstić information content (AvgIpc) is 2.63. The Hall–Kier alpha value is -1.95. The van der Waals surface area contributed by atoms with Crippen molar-refractivity contribution in [3.05, 3.63) is 51.5 Å². The average molecular weight is 339 g/mol. The number of carboxylic acids is 1. The Labute approximate surface area is 123 Å². The molecule has 0 saturated carbocycles. The normalized spacial score (nSPS) is 11.2. The van der Waals surface area contributed by atoms with Gasteiger partial charge in [0.2, 0.25) is 0 Å². The summed E-state index contributed by atoms with van der Waals surface area (Å²) in [5.41, 5.74) is 2.66. The van der Waals surface area contributed by atoms with Gasteiger partial charge in [0.05, 0.1) is 21.5 Å². The molecule has 0 saturated heterocycles. The zero-order chi connectivity index (χ0) is 14.9.